The molecule has 0 radical (unpaired) electrons. The van der Waals surface area contributed by atoms with Crippen LogP contribution in [0.3, 0.4) is 0 Å². The van der Waals surface area contributed by atoms with E-state index < -0.39 is 12.0 Å². The first kappa shape index (κ1) is 20.4. The molecular weight excluding hydrogens is 397 g/mol. The molecule has 7 nitrogen and oxygen atoms in total. The van der Waals surface area contributed by atoms with Crippen LogP contribution in [0.5, 0.6) is 5.75 Å². The fraction of sp³-hybridized carbons (Fsp3) is 0.450. The van der Waals surface area contributed by atoms with Crippen LogP contribution in [0.4, 0.5) is 19.0 Å². The fourth-order valence-electron chi connectivity index (χ4n) is 3.68. The van der Waals surface area contributed by atoms with Crippen molar-refractivity contribution in [3.8, 4) is 5.75 Å². The first-order valence-corrected chi connectivity index (χ1v) is 9.75. The van der Waals surface area contributed by atoms with Gasteiger partial charge in [-0.25, -0.2) is 4.98 Å². The van der Waals surface area contributed by atoms with Gasteiger partial charge < -0.3 is 10.1 Å². The molecule has 30 heavy (non-hydrogen) atoms. The average molecular weight is 420 g/mol. The molecule has 0 bridgehead atoms. The van der Waals surface area contributed by atoms with Crippen molar-refractivity contribution in [1.82, 2.24) is 24.5 Å². The maximum absolute atomic E-state index is 13.0. The van der Waals surface area contributed by atoms with Crippen LogP contribution < -0.4 is 10.1 Å². The Morgan fingerprint density at radius 3 is 2.63 bits per heavy atom. The van der Waals surface area contributed by atoms with E-state index in [-0.39, 0.29) is 11.8 Å². The van der Waals surface area contributed by atoms with Crippen molar-refractivity contribution in [3.63, 3.8) is 0 Å². The topological polar surface area (TPSA) is 67.6 Å². The van der Waals surface area contributed by atoms with Gasteiger partial charge in [0.15, 0.2) is 0 Å². The van der Waals surface area contributed by atoms with Crippen molar-refractivity contribution in [2.45, 2.75) is 38.5 Å². The summed E-state index contributed by atoms with van der Waals surface area (Å²) in [6.45, 7) is 4.32. The van der Waals surface area contributed by atoms with E-state index in [0.29, 0.717) is 11.5 Å². The molecule has 1 aliphatic rings. The van der Waals surface area contributed by atoms with Gasteiger partial charge in [-0.05, 0) is 37.5 Å². The lowest BCUT2D eigenvalue weighted by atomic mass is 10.0. The number of fused-ring (bicyclic) bond motifs is 1. The Balaban J connectivity index is 1.42. The van der Waals surface area contributed by atoms with Gasteiger partial charge in [-0.15, -0.1) is 5.10 Å². The van der Waals surface area contributed by atoms with Crippen molar-refractivity contribution in [2.24, 2.45) is 0 Å². The molecule has 0 saturated carbocycles. The van der Waals surface area contributed by atoms with Crippen LogP contribution >= 0.6 is 0 Å². The van der Waals surface area contributed by atoms with Crippen molar-refractivity contribution in [2.75, 3.05) is 25.5 Å². The van der Waals surface area contributed by atoms with Gasteiger partial charge in [0.05, 0.1) is 7.11 Å². The summed E-state index contributed by atoms with van der Waals surface area (Å²) in [5.41, 5.74) is 1.77. The summed E-state index contributed by atoms with van der Waals surface area (Å²) in [4.78, 5) is 9.95. The third-order valence-corrected chi connectivity index (χ3v) is 5.17. The summed E-state index contributed by atoms with van der Waals surface area (Å²) in [6, 6.07) is 9.84. The Labute approximate surface area is 171 Å². The highest BCUT2D eigenvalue weighted by Gasteiger charge is 2.37. The Morgan fingerprint density at radius 1 is 1.17 bits per heavy atom. The number of aromatic nitrogens is 4. The number of nitrogens with one attached hydrogen (secondary N) is 1. The third kappa shape index (κ3) is 4.48. The molecule has 1 fully saturated rings. The van der Waals surface area contributed by atoms with E-state index in [1.165, 1.54) is 5.56 Å². The van der Waals surface area contributed by atoms with Crippen LogP contribution in [0.1, 0.15) is 29.9 Å². The number of anilines is 1. The third-order valence-electron chi connectivity index (χ3n) is 5.17. The number of halogens is 3. The Morgan fingerprint density at radius 2 is 1.93 bits per heavy atom. The lowest BCUT2D eigenvalue weighted by Crippen LogP contribution is -2.39. The van der Waals surface area contributed by atoms with E-state index in [4.69, 9.17) is 4.74 Å². The monoisotopic (exact) mass is 420 g/mol. The van der Waals surface area contributed by atoms with Gasteiger partial charge in [0.2, 0.25) is 0 Å². The molecule has 0 spiro atoms. The minimum absolute atomic E-state index is 0.0553. The van der Waals surface area contributed by atoms with Crippen LogP contribution in [0, 0.1) is 6.92 Å². The number of aryl methyl sites for hydroxylation is 1. The zero-order chi connectivity index (χ0) is 21.3. The normalized spacial score (nSPS) is 16.2. The van der Waals surface area contributed by atoms with Gasteiger partial charge in [-0.3, -0.25) is 4.90 Å². The number of hydrogen-bond donors (Lipinski definition) is 1. The second-order valence-corrected chi connectivity index (χ2v) is 7.47. The van der Waals surface area contributed by atoms with E-state index >= 15 is 0 Å². The van der Waals surface area contributed by atoms with Crippen LogP contribution in [0.2, 0.25) is 0 Å². The number of benzene rings is 1. The lowest BCUT2D eigenvalue weighted by molar-refractivity contribution is -0.144. The number of rotatable bonds is 5. The molecule has 0 aliphatic carbocycles. The fourth-order valence-corrected chi connectivity index (χ4v) is 3.68. The van der Waals surface area contributed by atoms with Crippen LogP contribution in [-0.4, -0.2) is 50.7 Å². The molecule has 0 atom stereocenters. The number of nitrogens with zero attached hydrogens (tertiary/aromatic N) is 5. The number of ether oxygens (including phenoxy) is 1. The van der Waals surface area contributed by atoms with E-state index in [0.717, 1.165) is 42.7 Å². The molecule has 10 heteroatoms. The van der Waals surface area contributed by atoms with Crippen LogP contribution in [0.15, 0.2) is 30.3 Å². The van der Waals surface area contributed by atoms with Gasteiger partial charge in [0.1, 0.15) is 11.6 Å². The Bertz CT molecular complexity index is 1030. The highest BCUT2D eigenvalue weighted by Crippen LogP contribution is 2.27. The first-order chi connectivity index (χ1) is 14.3. The lowest BCUT2D eigenvalue weighted by Gasteiger charge is -2.32. The predicted octanol–water partition coefficient (Wildman–Crippen LogP) is 3.54. The second kappa shape index (κ2) is 8.10. The minimum Gasteiger partial charge on any atom is -0.497 e. The summed E-state index contributed by atoms with van der Waals surface area (Å²) in [6.07, 6.45) is -2.87. The maximum Gasteiger partial charge on any atom is 0.453 e. The number of likely N-dealkylation sites (tertiary alicyclic amines) is 1. The van der Waals surface area contributed by atoms with E-state index in [9.17, 15) is 13.2 Å². The molecule has 1 aromatic carbocycles. The zero-order valence-corrected chi connectivity index (χ0v) is 16.8. The standard InChI is InChI=1S/C20H23F3N6O/c1-13-10-17(29-19(24-13)26-18(27-29)20(21,22)23)25-15-6-8-28(9-7-15)12-14-4-3-5-16(11-14)30-2/h3-5,10-11,15,25H,6-9,12H2,1-2H3. The zero-order valence-electron chi connectivity index (χ0n) is 16.8. The minimum atomic E-state index is -4.61. The molecule has 1 saturated heterocycles. The van der Waals surface area contributed by atoms with E-state index in [1.54, 1.807) is 20.1 Å². The number of piperidine rings is 1. The summed E-state index contributed by atoms with van der Waals surface area (Å²) in [5.74, 6) is 0.0796. The molecule has 3 aromatic rings. The maximum atomic E-state index is 13.0. The second-order valence-electron chi connectivity index (χ2n) is 7.47. The number of hydrogen-bond acceptors (Lipinski definition) is 6. The van der Waals surface area contributed by atoms with Crippen molar-refractivity contribution < 1.29 is 17.9 Å². The molecule has 0 unspecified atom stereocenters. The largest absolute Gasteiger partial charge is 0.497 e. The SMILES string of the molecule is COc1cccc(CN2CCC(Nc3cc(C)nc4nc(C(F)(F)F)nn34)CC2)c1. The van der Waals surface area contributed by atoms with Gasteiger partial charge >= 0.3 is 6.18 Å². The molecule has 4 rings (SSSR count). The molecule has 0 amide bonds. The summed E-state index contributed by atoms with van der Waals surface area (Å²) >= 11 is 0. The molecular formula is C20H23F3N6O. The van der Waals surface area contributed by atoms with Crippen molar-refractivity contribution >= 4 is 11.6 Å². The first-order valence-electron chi connectivity index (χ1n) is 9.75. The summed E-state index contributed by atoms with van der Waals surface area (Å²) < 4.78 is 45.4. The van der Waals surface area contributed by atoms with Gasteiger partial charge in [-0.2, -0.15) is 22.7 Å². The molecule has 1 N–H and O–H groups in total. The Hall–Kier alpha value is -2.88. The van der Waals surface area contributed by atoms with E-state index in [2.05, 4.69) is 31.3 Å². The molecule has 2 aromatic heterocycles. The summed E-state index contributed by atoms with van der Waals surface area (Å²) in [7, 11) is 1.65. The number of alkyl halides is 3. The van der Waals surface area contributed by atoms with Crippen molar-refractivity contribution in [1.29, 1.82) is 0 Å². The van der Waals surface area contributed by atoms with Crippen LogP contribution in [0.25, 0.3) is 5.78 Å². The summed E-state index contributed by atoms with van der Waals surface area (Å²) in [5, 5.41) is 6.95. The molecule has 160 valence electrons. The molecule has 1 aliphatic heterocycles. The molecule has 3 heterocycles. The predicted molar refractivity (Wildman–Crippen MR) is 105 cm³/mol. The highest BCUT2D eigenvalue weighted by atomic mass is 19.4. The Kier molecular flexibility index (Phi) is 5.50. The highest BCUT2D eigenvalue weighted by molar-refractivity contribution is 5.46. The van der Waals surface area contributed by atoms with E-state index in [1.807, 2.05) is 18.2 Å². The van der Waals surface area contributed by atoms with Gasteiger partial charge in [0, 0.05) is 37.4 Å². The smallest absolute Gasteiger partial charge is 0.453 e. The average Bonchev–Trinajstić information content (AvgIpc) is 3.14. The van der Waals surface area contributed by atoms with Gasteiger partial charge in [-0.1, -0.05) is 12.1 Å². The van der Waals surface area contributed by atoms with Crippen LogP contribution in [-0.2, 0) is 12.7 Å². The van der Waals surface area contributed by atoms with Crippen molar-refractivity contribution in [3.05, 3.63) is 47.4 Å². The van der Waals surface area contributed by atoms with Gasteiger partial charge in [0.25, 0.3) is 11.6 Å². The quantitative estimate of drug-likeness (QED) is 0.681. The number of methoxy groups -OCH3 is 1.